The predicted octanol–water partition coefficient (Wildman–Crippen LogP) is 2.30. The number of hydrogen-bond acceptors (Lipinski definition) is 3. The molecule has 0 aliphatic rings. The van der Waals surface area contributed by atoms with E-state index in [2.05, 4.69) is 5.32 Å². The van der Waals surface area contributed by atoms with E-state index in [1.165, 1.54) is 0 Å². The minimum atomic E-state index is -0.270. The zero-order chi connectivity index (χ0) is 12.8. The molecule has 6 heteroatoms. The molecule has 0 spiro atoms. The van der Waals surface area contributed by atoms with Crippen LogP contribution in [-0.2, 0) is 11.3 Å². The van der Waals surface area contributed by atoms with Crippen molar-refractivity contribution in [3.05, 3.63) is 22.7 Å². The number of hydrogen-bond donors (Lipinski definition) is 2. The van der Waals surface area contributed by atoms with Crippen LogP contribution in [0.25, 0.3) is 0 Å². The SMILES string of the molecule is CCOc1cc(CNC(=O)CCl)cc(Cl)c1O. The normalized spacial score (nSPS) is 10.1. The van der Waals surface area contributed by atoms with Gasteiger partial charge in [0.2, 0.25) is 5.91 Å². The first-order chi connectivity index (χ1) is 8.08. The highest BCUT2D eigenvalue weighted by Crippen LogP contribution is 2.35. The van der Waals surface area contributed by atoms with Gasteiger partial charge in [-0.15, -0.1) is 11.6 Å². The van der Waals surface area contributed by atoms with Gasteiger partial charge in [0.05, 0.1) is 11.6 Å². The van der Waals surface area contributed by atoms with Gasteiger partial charge in [-0.2, -0.15) is 0 Å². The Labute approximate surface area is 109 Å². The zero-order valence-electron chi connectivity index (χ0n) is 9.30. The fraction of sp³-hybridized carbons (Fsp3) is 0.364. The van der Waals surface area contributed by atoms with Gasteiger partial charge in [0.1, 0.15) is 5.88 Å². The van der Waals surface area contributed by atoms with Crippen molar-refractivity contribution in [2.45, 2.75) is 13.5 Å². The lowest BCUT2D eigenvalue weighted by atomic mass is 10.2. The van der Waals surface area contributed by atoms with Crippen molar-refractivity contribution in [3.8, 4) is 11.5 Å². The van der Waals surface area contributed by atoms with Gasteiger partial charge < -0.3 is 15.2 Å². The maximum absolute atomic E-state index is 11.0. The lowest BCUT2D eigenvalue weighted by molar-refractivity contribution is -0.118. The second kappa shape index (κ2) is 6.57. The first kappa shape index (κ1) is 13.9. The summed E-state index contributed by atoms with van der Waals surface area (Å²) in [4.78, 5) is 11.0. The van der Waals surface area contributed by atoms with E-state index in [0.29, 0.717) is 12.4 Å². The maximum Gasteiger partial charge on any atom is 0.235 e. The molecule has 0 radical (unpaired) electrons. The summed E-state index contributed by atoms with van der Waals surface area (Å²) in [7, 11) is 0. The Hall–Kier alpha value is -1.13. The number of nitrogens with one attached hydrogen (secondary N) is 1. The van der Waals surface area contributed by atoms with Crippen LogP contribution in [0.4, 0.5) is 0 Å². The van der Waals surface area contributed by atoms with Crippen molar-refractivity contribution in [2.75, 3.05) is 12.5 Å². The first-order valence-corrected chi connectivity index (χ1v) is 5.96. The van der Waals surface area contributed by atoms with E-state index >= 15 is 0 Å². The van der Waals surface area contributed by atoms with Crippen molar-refractivity contribution < 1.29 is 14.6 Å². The van der Waals surface area contributed by atoms with Crippen LogP contribution < -0.4 is 10.1 Å². The van der Waals surface area contributed by atoms with Crippen LogP contribution in [0.1, 0.15) is 12.5 Å². The van der Waals surface area contributed by atoms with E-state index in [1.807, 2.05) is 0 Å². The van der Waals surface area contributed by atoms with Crippen molar-refractivity contribution in [3.63, 3.8) is 0 Å². The highest BCUT2D eigenvalue weighted by molar-refractivity contribution is 6.32. The minimum Gasteiger partial charge on any atom is -0.503 e. The Kier molecular flexibility index (Phi) is 5.38. The van der Waals surface area contributed by atoms with E-state index in [1.54, 1.807) is 19.1 Å². The summed E-state index contributed by atoms with van der Waals surface area (Å²) in [6.07, 6.45) is 0. The van der Waals surface area contributed by atoms with E-state index < -0.39 is 0 Å². The standard InChI is InChI=1S/C11H13Cl2NO3/c1-2-17-9-4-7(3-8(13)11(9)16)6-14-10(15)5-12/h3-4,16H,2,5-6H2,1H3,(H,14,15). The van der Waals surface area contributed by atoms with E-state index in [-0.39, 0.29) is 29.1 Å². The topological polar surface area (TPSA) is 58.6 Å². The number of halogens is 2. The molecular formula is C11H13Cl2NO3. The fourth-order valence-corrected chi connectivity index (χ4v) is 1.57. The molecule has 1 aromatic carbocycles. The molecular weight excluding hydrogens is 265 g/mol. The third kappa shape index (κ3) is 3.98. The molecule has 0 atom stereocenters. The van der Waals surface area contributed by atoms with Crippen LogP contribution in [0, 0.1) is 0 Å². The number of phenolic OH excluding ortho intramolecular Hbond substituents is 1. The molecule has 0 unspecified atom stereocenters. The summed E-state index contributed by atoms with van der Waals surface area (Å²) < 4.78 is 5.22. The van der Waals surface area contributed by atoms with E-state index in [4.69, 9.17) is 27.9 Å². The molecule has 0 aliphatic carbocycles. The van der Waals surface area contributed by atoms with Crippen LogP contribution in [0.5, 0.6) is 11.5 Å². The number of rotatable bonds is 5. The molecule has 94 valence electrons. The highest BCUT2D eigenvalue weighted by atomic mass is 35.5. The van der Waals surface area contributed by atoms with Crippen LogP contribution in [-0.4, -0.2) is 23.5 Å². The van der Waals surface area contributed by atoms with Crippen LogP contribution >= 0.6 is 23.2 Å². The number of benzene rings is 1. The van der Waals surface area contributed by atoms with Crippen molar-refractivity contribution >= 4 is 29.1 Å². The number of carbonyl (C=O) groups is 1. The molecule has 0 saturated carbocycles. The molecule has 0 saturated heterocycles. The largest absolute Gasteiger partial charge is 0.503 e. The Bertz CT molecular complexity index is 410. The Morgan fingerprint density at radius 1 is 1.53 bits per heavy atom. The molecule has 0 heterocycles. The Morgan fingerprint density at radius 2 is 2.24 bits per heavy atom. The molecule has 1 aromatic rings. The monoisotopic (exact) mass is 277 g/mol. The Morgan fingerprint density at radius 3 is 2.82 bits per heavy atom. The van der Waals surface area contributed by atoms with Gasteiger partial charge >= 0.3 is 0 Å². The summed E-state index contributed by atoms with van der Waals surface area (Å²) in [5, 5.41) is 12.4. The summed E-state index contributed by atoms with van der Waals surface area (Å²) in [6, 6.07) is 3.19. The molecule has 1 amide bonds. The zero-order valence-corrected chi connectivity index (χ0v) is 10.8. The van der Waals surface area contributed by atoms with Crippen molar-refractivity contribution in [1.82, 2.24) is 5.32 Å². The van der Waals surface area contributed by atoms with Gasteiger partial charge in [-0.1, -0.05) is 11.6 Å². The molecule has 4 nitrogen and oxygen atoms in total. The summed E-state index contributed by atoms with van der Waals surface area (Å²) >= 11 is 11.2. The summed E-state index contributed by atoms with van der Waals surface area (Å²) in [6.45, 7) is 2.50. The lowest BCUT2D eigenvalue weighted by Crippen LogP contribution is -2.23. The first-order valence-electron chi connectivity index (χ1n) is 5.05. The van der Waals surface area contributed by atoms with Gasteiger partial charge in [-0.05, 0) is 24.6 Å². The van der Waals surface area contributed by atoms with Crippen LogP contribution in [0.2, 0.25) is 5.02 Å². The molecule has 0 bridgehead atoms. The Balaban J connectivity index is 2.82. The number of alkyl halides is 1. The molecule has 0 aliphatic heterocycles. The predicted molar refractivity (Wildman–Crippen MR) is 66.9 cm³/mol. The molecule has 17 heavy (non-hydrogen) atoms. The average molecular weight is 278 g/mol. The van der Waals surface area contributed by atoms with Crippen molar-refractivity contribution in [1.29, 1.82) is 0 Å². The van der Waals surface area contributed by atoms with Gasteiger partial charge in [0, 0.05) is 6.54 Å². The fourth-order valence-electron chi connectivity index (χ4n) is 1.24. The number of ether oxygens (including phenoxy) is 1. The minimum absolute atomic E-state index is 0.0931. The number of aromatic hydroxyl groups is 1. The average Bonchev–Trinajstić information content (AvgIpc) is 2.32. The second-order valence-corrected chi connectivity index (χ2v) is 3.94. The summed E-state index contributed by atoms with van der Waals surface area (Å²) in [5.41, 5.74) is 0.731. The van der Waals surface area contributed by atoms with E-state index in [9.17, 15) is 9.90 Å². The maximum atomic E-state index is 11.0. The van der Waals surface area contributed by atoms with Gasteiger partial charge in [-0.25, -0.2) is 0 Å². The molecule has 2 N–H and O–H groups in total. The molecule has 0 fully saturated rings. The molecule has 0 aromatic heterocycles. The van der Waals surface area contributed by atoms with Crippen LogP contribution in [0.15, 0.2) is 12.1 Å². The number of phenols is 1. The second-order valence-electron chi connectivity index (χ2n) is 3.27. The summed E-state index contributed by atoms with van der Waals surface area (Å²) in [5.74, 6) is -0.158. The highest BCUT2D eigenvalue weighted by Gasteiger charge is 2.10. The van der Waals surface area contributed by atoms with Gasteiger partial charge in [-0.3, -0.25) is 4.79 Å². The van der Waals surface area contributed by atoms with Crippen LogP contribution in [0.3, 0.4) is 0 Å². The molecule has 1 rings (SSSR count). The van der Waals surface area contributed by atoms with Crippen molar-refractivity contribution in [2.24, 2.45) is 0 Å². The smallest absolute Gasteiger partial charge is 0.235 e. The quantitative estimate of drug-likeness (QED) is 0.812. The third-order valence-electron chi connectivity index (χ3n) is 2.00. The third-order valence-corrected chi connectivity index (χ3v) is 2.53. The van der Waals surface area contributed by atoms with E-state index in [0.717, 1.165) is 5.56 Å². The number of amides is 1. The van der Waals surface area contributed by atoms with Gasteiger partial charge in [0.15, 0.2) is 11.5 Å². The lowest BCUT2D eigenvalue weighted by Gasteiger charge is -2.10. The van der Waals surface area contributed by atoms with Gasteiger partial charge in [0.25, 0.3) is 0 Å². The number of carbonyl (C=O) groups excluding carboxylic acids is 1.